The molecule has 0 bridgehead atoms. The molecule has 1 aromatic carbocycles. The number of fused-ring (bicyclic) bond motifs is 3. The highest BCUT2D eigenvalue weighted by Gasteiger charge is 2.28. The highest BCUT2D eigenvalue weighted by atomic mass is 16.5. The average Bonchev–Trinajstić information content (AvgIpc) is 3.53. The number of benzene rings is 1. The Morgan fingerprint density at radius 2 is 2.00 bits per heavy atom. The summed E-state index contributed by atoms with van der Waals surface area (Å²) in [5.41, 5.74) is 7.63. The van der Waals surface area contributed by atoms with Crippen LogP contribution in [0.15, 0.2) is 24.4 Å². The fourth-order valence-corrected chi connectivity index (χ4v) is 4.88. The number of nitrogens with zero attached hydrogens (tertiary/aromatic N) is 8. The molecule has 0 amide bonds. The molecule has 33 heavy (non-hydrogen) atoms. The maximum Gasteiger partial charge on any atom is 0.223 e. The quantitative estimate of drug-likeness (QED) is 0.499. The Morgan fingerprint density at radius 1 is 1.12 bits per heavy atom. The lowest BCUT2D eigenvalue weighted by molar-refractivity contribution is 0.0621. The van der Waals surface area contributed by atoms with Crippen molar-refractivity contribution in [2.45, 2.75) is 37.6 Å². The zero-order valence-electron chi connectivity index (χ0n) is 18.6. The van der Waals surface area contributed by atoms with Gasteiger partial charge in [-0.2, -0.15) is 14.4 Å². The number of piperidine rings is 1. The van der Waals surface area contributed by atoms with Gasteiger partial charge in [-0.3, -0.25) is 0 Å². The zero-order valence-corrected chi connectivity index (χ0v) is 18.6. The Bertz CT molecular complexity index is 1290. The lowest BCUT2D eigenvalue weighted by Crippen LogP contribution is -2.35. The van der Waals surface area contributed by atoms with Crippen molar-refractivity contribution >= 4 is 28.3 Å². The SMILES string of the molecule is COc1cccc2c1nc(N)n1nc([C@@H]3CCCN(c4cnn(C5CCOCC5)n4)C3)nc21. The number of ether oxygens (including phenoxy) is 2. The van der Waals surface area contributed by atoms with Gasteiger partial charge in [0, 0.05) is 37.6 Å². The Hall–Kier alpha value is -3.47. The minimum Gasteiger partial charge on any atom is -0.494 e. The summed E-state index contributed by atoms with van der Waals surface area (Å²) < 4.78 is 12.6. The summed E-state index contributed by atoms with van der Waals surface area (Å²) in [4.78, 5) is 13.6. The van der Waals surface area contributed by atoms with Gasteiger partial charge in [0.1, 0.15) is 11.3 Å². The predicted octanol–water partition coefficient (Wildman–Crippen LogP) is 2.20. The van der Waals surface area contributed by atoms with Crippen LogP contribution < -0.4 is 15.4 Å². The van der Waals surface area contributed by atoms with E-state index in [4.69, 9.17) is 30.4 Å². The Labute approximate surface area is 190 Å². The molecule has 0 saturated carbocycles. The fraction of sp³-hybridized carbons (Fsp3) is 0.500. The van der Waals surface area contributed by atoms with Crippen molar-refractivity contribution in [2.24, 2.45) is 0 Å². The minimum atomic E-state index is 0.173. The zero-order chi connectivity index (χ0) is 22.4. The summed E-state index contributed by atoms with van der Waals surface area (Å²) in [5.74, 6) is 2.83. The first-order valence-electron chi connectivity index (χ1n) is 11.4. The molecule has 11 heteroatoms. The number of aromatic nitrogens is 7. The number of rotatable bonds is 4. The van der Waals surface area contributed by atoms with Gasteiger partial charge in [0.25, 0.3) is 0 Å². The number of anilines is 2. The van der Waals surface area contributed by atoms with E-state index >= 15 is 0 Å². The molecule has 2 aliphatic heterocycles. The molecule has 3 aromatic heterocycles. The van der Waals surface area contributed by atoms with E-state index in [1.54, 1.807) is 11.6 Å². The monoisotopic (exact) mass is 449 g/mol. The summed E-state index contributed by atoms with van der Waals surface area (Å²) in [6.07, 6.45) is 5.82. The first kappa shape index (κ1) is 20.2. The number of para-hydroxylation sites is 1. The first-order valence-corrected chi connectivity index (χ1v) is 11.4. The number of hydrogen-bond acceptors (Lipinski definition) is 9. The highest BCUT2D eigenvalue weighted by Crippen LogP contribution is 2.31. The molecule has 4 aromatic rings. The molecule has 1 atom stereocenters. The number of nitrogens with two attached hydrogens (primary N) is 1. The maximum atomic E-state index is 6.23. The van der Waals surface area contributed by atoms with E-state index in [9.17, 15) is 0 Å². The third-order valence-electron chi connectivity index (χ3n) is 6.65. The first-order chi connectivity index (χ1) is 16.2. The highest BCUT2D eigenvalue weighted by molar-refractivity contribution is 5.95. The summed E-state index contributed by atoms with van der Waals surface area (Å²) >= 11 is 0. The number of hydrogen-bond donors (Lipinski definition) is 1. The van der Waals surface area contributed by atoms with Crippen molar-refractivity contribution in [1.82, 2.24) is 34.6 Å². The second-order valence-corrected chi connectivity index (χ2v) is 8.68. The number of methoxy groups -OCH3 is 1. The van der Waals surface area contributed by atoms with E-state index < -0.39 is 0 Å². The molecule has 11 nitrogen and oxygen atoms in total. The van der Waals surface area contributed by atoms with Gasteiger partial charge in [-0.05, 0) is 37.8 Å². The molecule has 0 aliphatic carbocycles. The lowest BCUT2D eigenvalue weighted by atomic mass is 9.97. The molecule has 172 valence electrons. The van der Waals surface area contributed by atoms with Crippen molar-refractivity contribution in [3.63, 3.8) is 0 Å². The molecule has 2 N–H and O–H groups in total. The van der Waals surface area contributed by atoms with Gasteiger partial charge in [0.05, 0.1) is 19.3 Å². The van der Waals surface area contributed by atoms with E-state index in [-0.39, 0.29) is 5.92 Å². The molecule has 0 radical (unpaired) electrons. The minimum absolute atomic E-state index is 0.173. The van der Waals surface area contributed by atoms with Crippen LogP contribution in [0.2, 0.25) is 0 Å². The summed E-state index contributed by atoms with van der Waals surface area (Å²) in [6.45, 7) is 3.27. The smallest absolute Gasteiger partial charge is 0.223 e. The third kappa shape index (κ3) is 3.52. The number of nitrogen functional groups attached to an aromatic ring is 1. The molecule has 2 saturated heterocycles. The van der Waals surface area contributed by atoms with Crippen LogP contribution in [0.25, 0.3) is 16.6 Å². The van der Waals surface area contributed by atoms with Crippen molar-refractivity contribution in [2.75, 3.05) is 44.0 Å². The maximum absolute atomic E-state index is 6.23. The van der Waals surface area contributed by atoms with E-state index in [0.717, 1.165) is 69.0 Å². The Morgan fingerprint density at radius 3 is 2.85 bits per heavy atom. The van der Waals surface area contributed by atoms with Crippen LogP contribution in [0.4, 0.5) is 11.8 Å². The molecular formula is C22H27N9O2. The van der Waals surface area contributed by atoms with Gasteiger partial charge < -0.3 is 20.1 Å². The van der Waals surface area contributed by atoms with Crippen LogP contribution in [0.1, 0.15) is 43.5 Å². The molecule has 2 aliphatic rings. The Kier molecular flexibility index (Phi) is 4.97. The normalized spacial score (nSPS) is 20.0. The van der Waals surface area contributed by atoms with Crippen LogP contribution in [0, 0.1) is 0 Å². The molecule has 2 fully saturated rings. The molecule has 5 heterocycles. The second kappa shape index (κ2) is 8.14. The van der Waals surface area contributed by atoms with E-state index in [2.05, 4.69) is 15.0 Å². The summed E-state index contributed by atoms with van der Waals surface area (Å²) in [6, 6.07) is 6.08. The predicted molar refractivity (Wildman–Crippen MR) is 123 cm³/mol. The van der Waals surface area contributed by atoms with Crippen molar-refractivity contribution in [1.29, 1.82) is 0 Å². The van der Waals surface area contributed by atoms with Gasteiger partial charge in [0.2, 0.25) is 5.95 Å². The van der Waals surface area contributed by atoms with E-state index in [0.29, 0.717) is 28.9 Å². The van der Waals surface area contributed by atoms with Crippen molar-refractivity contribution in [3.05, 3.63) is 30.2 Å². The molecular weight excluding hydrogens is 422 g/mol. The molecule has 0 spiro atoms. The summed E-state index contributed by atoms with van der Waals surface area (Å²) in [7, 11) is 1.63. The van der Waals surface area contributed by atoms with E-state index in [1.165, 1.54) is 0 Å². The van der Waals surface area contributed by atoms with Crippen LogP contribution in [-0.4, -0.2) is 68.0 Å². The van der Waals surface area contributed by atoms with Gasteiger partial charge in [-0.1, -0.05) is 6.07 Å². The second-order valence-electron chi connectivity index (χ2n) is 8.68. The summed E-state index contributed by atoms with van der Waals surface area (Å²) in [5, 5.41) is 14.9. The van der Waals surface area contributed by atoms with Crippen LogP contribution >= 0.6 is 0 Å². The molecule has 0 unspecified atom stereocenters. The van der Waals surface area contributed by atoms with Crippen molar-refractivity contribution < 1.29 is 9.47 Å². The van der Waals surface area contributed by atoms with E-state index in [1.807, 2.05) is 29.2 Å². The Balaban J connectivity index is 1.29. The van der Waals surface area contributed by atoms with Crippen LogP contribution in [-0.2, 0) is 4.74 Å². The largest absolute Gasteiger partial charge is 0.494 e. The lowest BCUT2D eigenvalue weighted by Gasteiger charge is -2.31. The van der Waals surface area contributed by atoms with Gasteiger partial charge in [-0.25, -0.2) is 9.97 Å². The fourth-order valence-electron chi connectivity index (χ4n) is 4.88. The van der Waals surface area contributed by atoms with Gasteiger partial charge in [0.15, 0.2) is 17.3 Å². The topological polar surface area (TPSA) is 122 Å². The molecule has 6 rings (SSSR count). The van der Waals surface area contributed by atoms with Gasteiger partial charge >= 0.3 is 0 Å². The average molecular weight is 450 g/mol. The van der Waals surface area contributed by atoms with Crippen LogP contribution in [0.3, 0.4) is 0 Å². The van der Waals surface area contributed by atoms with Crippen LogP contribution in [0.5, 0.6) is 5.75 Å². The third-order valence-corrected chi connectivity index (χ3v) is 6.65. The standard InChI is InChI=1S/C22H27N9O2/c1-32-17-6-2-5-16-19(17)25-22(23)30-21(16)26-20(28-30)14-4-3-9-29(13-14)18-12-24-31(27-18)15-7-10-33-11-8-15/h2,5-6,12,14-15H,3-4,7-11,13H2,1H3,(H2,23,25)/t14-/m1/s1. The van der Waals surface area contributed by atoms with Crippen molar-refractivity contribution in [3.8, 4) is 5.75 Å². The van der Waals surface area contributed by atoms with Gasteiger partial charge in [-0.15, -0.1) is 10.2 Å².